The molecule has 0 aliphatic rings. The summed E-state index contributed by atoms with van der Waals surface area (Å²) in [6.45, 7) is 3.90. The summed E-state index contributed by atoms with van der Waals surface area (Å²) in [6, 6.07) is 5.02. The van der Waals surface area contributed by atoms with Crippen LogP contribution >= 0.6 is 0 Å². The van der Waals surface area contributed by atoms with E-state index in [0.29, 0.717) is 0 Å². The van der Waals surface area contributed by atoms with Crippen molar-refractivity contribution >= 4 is 0 Å². The maximum atomic E-state index is 12.8. The maximum absolute atomic E-state index is 12.8. The van der Waals surface area contributed by atoms with Gasteiger partial charge >= 0.3 is 6.18 Å². The van der Waals surface area contributed by atoms with Gasteiger partial charge in [0.15, 0.2) is 0 Å². The second-order valence-electron chi connectivity index (χ2n) is 4.19. The van der Waals surface area contributed by atoms with Gasteiger partial charge in [-0.15, -0.1) is 0 Å². The lowest BCUT2D eigenvalue weighted by Gasteiger charge is -2.24. The van der Waals surface area contributed by atoms with Crippen LogP contribution in [0.25, 0.3) is 0 Å². The van der Waals surface area contributed by atoms with Gasteiger partial charge in [-0.3, -0.25) is 0 Å². The van der Waals surface area contributed by atoms with E-state index in [0.717, 1.165) is 18.9 Å². The smallest absolute Gasteiger partial charge is 0.324 e. The first-order chi connectivity index (χ1) is 7.91. The molecule has 1 atom stereocenters. The number of nitrogens with two attached hydrogens (primary N) is 1. The molecule has 0 aliphatic heterocycles. The molecule has 2 N–H and O–H groups in total. The van der Waals surface area contributed by atoms with E-state index in [9.17, 15) is 13.2 Å². The molecule has 17 heavy (non-hydrogen) atoms. The zero-order chi connectivity index (χ0) is 13.1. The molecule has 1 unspecified atom stereocenters. The standard InChI is InChI=1S/C13H18F3N/c1-3-9(4-2)12(17)10-7-5-6-8-11(10)13(14,15)16/h5-9,12H,3-4,17H2,1-2H3. The maximum Gasteiger partial charge on any atom is 0.416 e. The van der Waals surface area contributed by atoms with Gasteiger partial charge in [-0.1, -0.05) is 44.9 Å². The molecule has 1 nitrogen and oxygen atoms in total. The summed E-state index contributed by atoms with van der Waals surface area (Å²) in [6.07, 6.45) is -2.77. The van der Waals surface area contributed by atoms with Crippen molar-refractivity contribution < 1.29 is 13.2 Å². The van der Waals surface area contributed by atoms with E-state index in [2.05, 4.69) is 0 Å². The highest BCUT2D eigenvalue weighted by Gasteiger charge is 2.35. The molecule has 1 rings (SSSR count). The number of halogens is 3. The largest absolute Gasteiger partial charge is 0.416 e. The number of hydrogen-bond acceptors (Lipinski definition) is 1. The monoisotopic (exact) mass is 245 g/mol. The molecule has 4 heteroatoms. The average molecular weight is 245 g/mol. The Hall–Kier alpha value is -1.03. The lowest BCUT2D eigenvalue weighted by Crippen LogP contribution is -2.24. The Bertz CT molecular complexity index is 356. The first kappa shape index (κ1) is 14.0. The summed E-state index contributed by atoms with van der Waals surface area (Å²) in [7, 11) is 0. The van der Waals surface area contributed by atoms with E-state index < -0.39 is 17.8 Å². The third-order valence-electron chi connectivity index (χ3n) is 3.18. The molecule has 0 saturated heterocycles. The SMILES string of the molecule is CCC(CC)C(N)c1ccccc1C(F)(F)F. The molecule has 0 aromatic heterocycles. The Morgan fingerprint density at radius 2 is 1.65 bits per heavy atom. The van der Waals surface area contributed by atoms with E-state index in [4.69, 9.17) is 5.73 Å². The van der Waals surface area contributed by atoms with Gasteiger partial charge in [0, 0.05) is 6.04 Å². The predicted molar refractivity (Wildman–Crippen MR) is 62.4 cm³/mol. The minimum atomic E-state index is -4.33. The predicted octanol–water partition coefficient (Wildman–Crippen LogP) is 4.14. The van der Waals surface area contributed by atoms with Gasteiger partial charge in [0.2, 0.25) is 0 Å². The van der Waals surface area contributed by atoms with Crippen LogP contribution < -0.4 is 5.73 Å². The molecule has 0 radical (unpaired) electrons. The molecule has 0 fully saturated rings. The Morgan fingerprint density at radius 1 is 1.12 bits per heavy atom. The summed E-state index contributed by atoms with van der Waals surface area (Å²) < 4.78 is 38.5. The van der Waals surface area contributed by atoms with Crippen LogP contribution in [0.2, 0.25) is 0 Å². The molecule has 1 aromatic carbocycles. The molecule has 0 heterocycles. The van der Waals surface area contributed by atoms with Crippen molar-refractivity contribution in [1.82, 2.24) is 0 Å². The summed E-state index contributed by atoms with van der Waals surface area (Å²) in [5, 5.41) is 0. The van der Waals surface area contributed by atoms with Gasteiger partial charge in [-0.25, -0.2) is 0 Å². The molecule has 96 valence electrons. The topological polar surface area (TPSA) is 26.0 Å². The highest BCUT2D eigenvalue weighted by molar-refractivity contribution is 5.32. The van der Waals surface area contributed by atoms with Crippen LogP contribution in [-0.2, 0) is 6.18 Å². The van der Waals surface area contributed by atoms with Crippen molar-refractivity contribution in [3.8, 4) is 0 Å². The number of alkyl halides is 3. The van der Waals surface area contributed by atoms with Crippen LogP contribution in [0.1, 0.15) is 43.9 Å². The van der Waals surface area contributed by atoms with Gasteiger partial charge in [-0.2, -0.15) is 13.2 Å². The number of benzene rings is 1. The Morgan fingerprint density at radius 3 is 2.12 bits per heavy atom. The minimum absolute atomic E-state index is 0.0819. The fourth-order valence-corrected chi connectivity index (χ4v) is 2.10. The van der Waals surface area contributed by atoms with Crippen LogP contribution in [0.4, 0.5) is 13.2 Å². The quantitative estimate of drug-likeness (QED) is 0.847. The molecule has 0 aliphatic carbocycles. The Balaban J connectivity index is 3.13. The van der Waals surface area contributed by atoms with E-state index in [1.807, 2.05) is 13.8 Å². The number of rotatable bonds is 4. The average Bonchev–Trinajstić information content (AvgIpc) is 2.29. The van der Waals surface area contributed by atoms with Crippen molar-refractivity contribution in [2.24, 2.45) is 11.7 Å². The third kappa shape index (κ3) is 3.22. The molecule has 0 spiro atoms. The van der Waals surface area contributed by atoms with E-state index in [1.54, 1.807) is 6.07 Å². The summed E-state index contributed by atoms with van der Waals surface area (Å²) in [4.78, 5) is 0. The van der Waals surface area contributed by atoms with Crippen molar-refractivity contribution in [1.29, 1.82) is 0 Å². The molecular weight excluding hydrogens is 227 g/mol. The second-order valence-corrected chi connectivity index (χ2v) is 4.19. The van der Waals surface area contributed by atoms with Gasteiger partial charge < -0.3 is 5.73 Å². The summed E-state index contributed by atoms with van der Waals surface area (Å²) >= 11 is 0. The van der Waals surface area contributed by atoms with Crippen molar-refractivity contribution in [2.45, 2.75) is 38.9 Å². The van der Waals surface area contributed by atoms with E-state index in [-0.39, 0.29) is 11.5 Å². The second kappa shape index (κ2) is 5.54. The van der Waals surface area contributed by atoms with Crippen LogP contribution in [0.15, 0.2) is 24.3 Å². The zero-order valence-corrected chi connectivity index (χ0v) is 10.1. The minimum Gasteiger partial charge on any atom is -0.324 e. The molecule has 0 saturated carbocycles. The summed E-state index contributed by atoms with van der Waals surface area (Å²) in [5.41, 5.74) is 5.55. The van der Waals surface area contributed by atoms with E-state index >= 15 is 0 Å². The zero-order valence-electron chi connectivity index (χ0n) is 10.1. The van der Waals surface area contributed by atoms with Crippen LogP contribution in [0.5, 0.6) is 0 Å². The number of hydrogen-bond donors (Lipinski definition) is 1. The van der Waals surface area contributed by atoms with Crippen molar-refractivity contribution in [2.75, 3.05) is 0 Å². The van der Waals surface area contributed by atoms with Gasteiger partial charge in [0.1, 0.15) is 0 Å². The molecule has 0 amide bonds. The van der Waals surface area contributed by atoms with Gasteiger partial charge in [0.05, 0.1) is 5.56 Å². The Labute approximate surface area is 99.8 Å². The van der Waals surface area contributed by atoms with Crippen LogP contribution in [-0.4, -0.2) is 0 Å². The normalized spacial score (nSPS) is 14.1. The highest BCUT2D eigenvalue weighted by Crippen LogP contribution is 2.36. The highest BCUT2D eigenvalue weighted by atomic mass is 19.4. The van der Waals surface area contributed by atoms with Gasteiger partial charge in [-0.05, 0) is 17.5 Å². The molecule has 0 bridgehead atoms. The van der Waals surface area contributed by atoms with Crippen molar-refractivity contribution in [3.05, 3.63) is 35.4 Å². The van der Waals surface area contributed by atoms with Gasteiger partial charge in [0.25, 0.3) is 0 Å². The lowest BCUT2D eigenvalue weighted by atomic mass is 9.87. The Kier molecular flexibility index (Phi) is 4.57. The fourth-order valence-electron chi connectivity index (χ4n) is 2.10. The first-order valence-corrected chi connectivity index (χ1v) is 5.83. The fraction of sp³-hybridized carbons (Fsp3) is 0.538. The molecular formula is C13H18F3N. The lowest BCUT2D eigenvalue weighted by molar-refractivity contribution is -0.138. The van der Waals surface area contributed by atoms with Crippen molar-refractivity contribution in [3.63, 3.8) is 0 Å². The van der Waals surface area contributed by atoms with Crippen LogP contribution in [0.3, 0.4) is 0 Å². The van der Waals surface area contributed by atoms with Crippen LogP contribution in [0, 0.1) is 5.92 Å². The third-order valence-corrected chi connectivity index (χ3v) is 3.18. The summed E-state index contributed by atoms with van der Waals surface area (Å²) in [5.74, 6) is 0.0819. The molecule has 1 aromatic rings. The first-order valence-electron chi connectivity index (χ1n) is 5.83. The van der Waals surface area contributed by atoms with E-state index in [1.165, 1.54) is 12.1 Å².